The van der Waals surface area contributed by atoms with Crippen molar-refractivity contribution in [3.05, 3.63) is 29.8 Å². The Morgan fingerprint density at radius 2 is 1.89 bits per heavy atom. The van der Waals surface area contributed by atoms with Gasteiger partial charge in [0.05, 0.1) is 0 Å². The maximum absolute atomic E-state index is 5.63. The number of benzene rings is 1. The number of nitrogens with two attached hydrogens (primary N) is 1. The van der Waals surface area contributed by atoms with Gasteiger partial charge < -0.3 is 10.6 Å². The summed E-state index contributed by atoms with van der Waals surface area (Å²) in [5.41, 5.74) is 6.97. The normalized spacial score (nSPS) is 17.8. The minimum atomic E-state index is 0.855. The smallest absolute Gasteiger partial charge is 0.0108 e. The van der Waals surface area contributed by atoms with Crippen molar-refractivity contribution >= 4 is 11.8 Å². The van der Waals surface area contributed by atoms with Gasteiger partial charge in [-0.05, 0) is 63.9 Å². The Morgan fingerprint density at radius 3 is 2.53 bits per heavy atom. The number of hydrogen-bond donors (Lipinski definition) is 1. The Morgan fingerprint density at radius 1 is 1.21 bits per heavy atom. The zero-order chi connectivity index (χ0) is 13.5. The van der Waals surface area contributed by atoms with Gasteiger partial charge in [-0.1, -0.05) is 17.7 Å². The Hall–Kier alpha value is -0.510. The van der Waals surface area contributed by atoms with Gasteiger partial charge >= 0.3 is 0 Å². The van der Waals surface area contributed by atoms with Crippen molar-refractivity contribution in [2.75, 3.05) is 31.9 Å². The molecule has 0 atom stereocenters. The van der Waals surface area contributed by atoms with Crippen LogP contribution in [0.4, 0.5) is 0 Å². The van der Waals surface area contributed by atoms with E-state index in [2.05, 4.69) is 36.1 Å². The third-order valence-electron chi connectivity index (χ3n) is 3.98. The van der Waals surface area contributed by atoms with Crippen LogP contribution in [0.5, 0.6) is 0 Å². The molecule has 0 radical (unpaired) electrons. The van der Waals surface area contributed by atoms with Crippen LogP contribution < -0.4 is 5.73 Å². The Kier molecular flexibility index (Phi) is 6.21. The lowest BCUT2D eigenvalue weighted by molar-refractivity contribution is 0.189. The van der Waals surface area contributed by atoms with E-state index in [-0.39, 0.29) is 0 Å². The van der Waals surface area contributed by atoms with Crippen molar-refractivity contribution in [2.24, 2.45) is 11.7 Å². The molecule has 0 spiro atoms. The van der Waals surface area contributed by atoms with E-state index in [1.54, 1.807) is 0 Å². The van der Waals surface area contributed by atoms with E-state index in [9.17, 15) is 0 Å². The van der Waals surface area contributed by atoms with E-state index in [0.717, 1.165) is 12.5 Å². The summed E-state index contributed by atoms with van der Waals surface area (Å²) in [5.74, 6) is 2.08. The van der Waals surface area contributed by atoms with Crippen LogP contribution in [0.1, 0.15) is 24.8 Å². The van der Waals surface area contributed by atoms with Crippen LogP contribution in [-0.2, 0) is 0 Å². The summed E-state index contributed by atoms with van der Waals surface area (Å²) in [4.78, 5) is 4.00. The first-order valence-electron chi connectivity index (χ1n) is 7.40. The van der Waals surface area contributed by atoms with Crippen LogP contribution in [0.15, 0.2) is 29.2 Å². The average Bonchev–Trinajstić information content (AvgIpc) is 2.43. The molecular formula is C16H26N2S. The molecule has 0 unspecified atom stereocenters. The zero-order valence-electron chi connectivity index (χ0n) is 12.0. The summed E-state index contributed by atoms with van der Waals surface area (Å²) in [6, 6.07) is 8.85. The van der Waals surface area contributed by atoms with Crippen molar-refractivity contribution in [1.82, 2.24) is 4.90 Å². The molecule has 2 rings (SSSR count). The number of piperidine rings is 1. The van der Waals surface area contributed by atoms with Gasteiger partial charge in [0.25, 0.3) is 0 Å². The van der Waals surface area contributed by atoms with Gasteiger partial charge in [0, 0.05) is 17.2 Å². The summed E-state index contributed by atoms with van der Waals surface area (Å²) < 4.78 is 0. The van der Waals surface area contributed by atoms with E-state index >= 15 is 0 Å². The van der Waals surface area contributed by atoms with Crippen LogP contribution in [-0.4, -0.2) is 36.8 Å². The predicted molar refractivity (Wildman–Crippen MR) is 84.7 cm³/mol. The monoisotopic (exact) mass is 278 g/mol. The fourth-order valence-corrected chi connectivity index (χ4v) is 3.58. The summed E-state index contributed by atoms with van der Waals surface area (Å²) in [5, 5.41) is 0. The maximum atomic E-state index is 5.63. The fourth-order valence-electron chi connectivity index (χ4n) is 2.66. The SMILES string of the molecule is Cc1ccc(SCCN2CCC(CCN)CC2)cc1. The number of hydrogen-bond acceptors (Lipinski definition) is 3. The minimum absolute atomic E-state index is 0.855. The Balaban J connectivity index is 1.63. The lowest BCUT2D eigenvalue weighted by Gasteiger charge is -2.31. The molecule has 19 heavy (non-hydrogen) atoms. The molecule has 1 saturated heterocycles. The van der Waals surface area contributed by atoms with Gasteiger partial charge in [-0.3, -0.25) is 0 Å². The van der Waals surface area contributed by atoms with Crippen LogP contribution >= 0.6 is 11.8 Å². The lowest BCUT2D eigenvalue weighted by atomic mass is 9.94. The first kappa shape index (κ1) is 14.9. The quantitative estimate of drug-likeness (QED) is 0.811. The van der Waals surface area contributed by atoms with Crippen LogP contribution in [0, 0.1) is 12.8 Å². The molecule has 1 aliphatic heterocycles. The van der Waals surface area contributed by atoms with Gasteiger partial charge in [-0.15, -0.1) is 11.8 Å². The molecule has 106 valence electrons. The second-order valence-corrected chi connectivity index (χ2v) is 6.69. The third-order valence-corrected chi connectivity index (χ3v) is 4.97. The Labute approximate surface area is 121 Å². The van der Waals surface area contributed by atoms with Gasteiger partial charge in [-0.25, -0.2) is 0 Å². The summed E-state index contributed by atoms with van der Waals surface area (Å²) in [6.07, 6.45) is 3.89. The molecule has 0 bridgehead atoms. The fraction of sp³-hybridized carbons (Fsp3) is 0.625. The molecule has 0 amide bonds. The van der Waals surface area contributed by atoms with E-state index in [0.29, 0.717) is 0 Å². The van der Waals surface area contributed by atoms with E-state index < -0.39 is 0 Å². The van der Waals surface area contributed by atoms with Crippen molar-refractivity contribution < 1.29 is 0 Å². The van der Waals surface area contributed by atoms with E-state index in [1.807, 2.05) is 11.8 Å². The number of thioether (sulfide) groups is 1. The minimum Gasteiger partial charge on any atom is -0.330 e. The van der Waals surface area contributed by atoms with Crippen molar-refractivity contribution in [3.8, 4) is 0 Å². The molecule has 1 aliphatic rings. The highest BCUT2D eigenvalue weighted by molar-refractivity contribution is 7.99. The van der Waals surface area contributed by atoms with Crippen LogP contribution in [0.3, 0.4) is 0 Å². The van der Waals surface area contributed by atoms with Crippen LogP contribution in [0.25, 0.3) is 0 Å². The molecule has 0 aromatic heterocycles. The van der Waals surface area contributed by atoms with Gasteiger partial charge in [0.1, 0.15) is 0 Å². The molecule has 2 nitrogen and oxygen atoms in total. The molecule has 3 heteroatoms. The van der Waals surface area contributed by atoms with Gasteiger partial charge in [0.2, 0.25) is 0 Å². The van der Waals surface area contributed by atoms with E-state index in [1.165, 1.54) is 55.1 Å². The van der Waals surface area contributed by atoms with E-state index in [4.69, 9.17) is 5.73 Å². The topological polar surface area (TPSA) is 29.3 Å². The molecule has 1 heterocycles. The molecule has 1 aromatic rings. The largest absolute Gasteiger partial charge is 0.330 e. The summed E-state index contributed by atoms with van der Waals surface area (Å²) in [7, 11) is 0. The first-order valence-corrected chi connectivity index (χ1v) is 8.38. The number of aryl methyl sites for hydroxylation is 1. The zero-order valence-corrected chi connectivity index (χ0v) is 12.8. The highest BCUT2D eigenvalue weighted by Gasteiger charge is 2.17. The standard InChI is InChI=1S/C16H26N2S/c1-14-2-4-16(5-3-14)19-13-12-18-10-7-15(6-9-17)8-11-18/h2-5,15H,6-13,17H2,1H3. The Bertz CT molecular complexity index is 356. The molecule has 1 aromatic carbocycles. The molecule has 0 aliphatic carbocycles. The number of rotatable bonds is 6. The van der Waals surface area contributed by atoms with Gasteiger partial charge in [0.15, 0.2) is 0 Å². The van der Waals surface area contributed by atoms with Crippen LogP contribution in [0.2, 0.25) is 0 Å². The predicted octanol–water partition coefficient (Wildman–Crippen LogP) is 3.15. The second-order valence-electron chi connectivity index (χ2n) is 5.52. The summed E-state index contributed by atoms with van der Waals surface area (Å²) in [6.45, 7) is 6.74. The molecular weight excluding hydrogens is 252 g/mol. The number of likely N-dealkylation sites (tertiary alicyclic amines) is 1. The molecule has 1 fully saturated rings. The van der Waals surface area contributed by atoms with Crippen molar-refractivity contribution in [1.29, 1.82) is 0 Å². The highest BCUT2D eigenvalue weighted by atomic mass is 32.2. The van der Waals surface area contributed by atoms with Crippen molar-refractivity contribution in [2.45, 2.75) is 31.1 Å². The molecule has 2 N–H and O–H groups in total. The lowest BCUT2D eigenvalue weighted by Crippen LogP contribution is -2.35. The highest BCUT2D eigenvalue weighted by Crippen LogP contribution is 2.22. The third kappa shape index (κ3) is 5.17. The summed E-state index contributed by atoms with van der Waals surface area (Å²) >= 11 is 1.97. The van der Waals surface area contributed by atoms with Crippen molar-refractivity contribution in [3.63, 3.8) is 0 Å². The molecule has 0 saturated carbocycles. The average molecular weight is 278 g/mol. The number of nitrogens with zero attached hydrogens (tertiary/aromatic N) is 1. The van der Waals surface area contributed by atoms with Gasteiger partial charge in [-0.2, -0.15) is 0 Å². The second kappa shape index (κ2) is 7.93. The first-order chi connectivity index (χ1) is 9.28. The maximum Gasteiger partial charge on any atom is 0.0108 e.